The molecule has 0 bridgehead atoms. The van der Waals surface area contributed by atoms with Crippen LogP contribution in [-0.2, 0) is 0 Å². The van der Waals surface area contributed by atoms with E-state index in [2.05, 4.69) is 52.3 Å². The first-order valence-electron chi connectivity index (χ1n) is 4.82. The molecule has 0 aliphatic heterocycles. The maximum absolute atomic E-state index is 3.94. The van der Waals surface area contributed by atoms with Crippen molar-refractivity contribution < 1.29 is 0 Å². The van der Waals surface area contributed by atoms with Gasteiger partial charge in [-0.25, -0.2) is 0 Å². The molecule has 0 unspecified atom stereocenters. The molecule has 0 aromatic rings. The zero-order chi connectivity index (χ0) is 10.6. The molecule has 0 saturated carbocycles. The quantitative estimate of drug-likeness (QED) is 0.640. The van der Waals surface area contributed by atoms with Crippen molar-refractivity contribution in [2.45, 2.75) is 41.0 Å². The third kappa shape index (κ3) is 4.76. The maximum atomic E-state index is 3.94. The van der Waals surface area contributed by atoms with E-state index in [0.29, 0.717) is 5.41 Å². The van der Waals surface area contributed by atoms with Crippen LogP contribution in [-0.4, -0.2) is 11.9 Å². The minimum atomic E-state index is 0.339. The van der Waals surface area contributed by atoms with Crippen LogP contribution in [0.3, 0.4) is 0 Å². The largest absolute Gasteiger partial charge is 0.353 e. The molecule has 76 valence electrons. The third-order valence-corrected chi connectivity index (χ3v) is 2.05. The molecular formula is C12H23N. The van der Waals surface area contributed by atoms with Crippen LogP contribution in [0.1, 0.15) is 41.0 Å². The summed E-state index contributed by atoms with van der Waals surface area (Å²) in [6.45, 7) is 14.8. The van der Waals surface area contributed by atoms with Gasteiger partial charge in [0, 0.05) is 18.4 Å². The fourth-order valence-electron chi connectivity index (χ4n) is 1.20. The van der Waals surface area contributed by atoms with Crippen molar-refractivity contribution in [2.75, 3.05) is 7.05 Å². The molecular weight excluding hydrogens is 158 g/mol. The van der Waals surface area contributed by atoms with Gasteiger partial charge in [-0.15, -0.1) is 0 Å². The number of rotatable bonds is 3. The average molecular weight is 181 g/mol. The molecule has 0 aliphatic carbocycles. The highest BCUT2D eigenvalue weighted by molar-refractivity contribution is 5.08. The van der Waals surface area contributed by atoms with Crippen molar-refractivity contribution in [3.63, 3.8) is 0 Å². The van der Waals surface area contributed by atoms with Gasteiger partial charge in [-0.05, 0) is 25.7 Å². The molecule has 0 amide bonds. The summed E-state index contributed by atoms with van der Waals surface area (Å²) in [6, 6.07) is 0. The topological polar surface area (TPSA) is 3.24 Å². The zero-order valence-electron chi connectivity index (χ0n) is 9.94. The van der Waals surface area contributed by atoms with Crippen molar-refractivity contribution >= 4 is 0 Å². The minimum Gasteiger partial charge on any atom is -0.353 e. The molecule has 1 heteroatoms. The summed E-state index contributed by atoms with van der Waals surface area (Å²) >= 11 is 0. The molecule has 0 atom stereocenters. The number of nitrogens with zero attached hydrogens (tertiary/aromatic N) is 1. The second-order valence-corrected chi connectivity index (χ2v) is 4.81. The predicted molar refractivity (Wildman–Crippen MR) is 60.4 cm³/mol. The molecule has 0 fully saturated rings. The Kier molecular flexibility index (Phi) is 4.25. The molecule has 0 aliphatic rings. The fraction of sp³-hybridized carbons (Fsp3) is 0.667. The Morgan fingerprint density at radius 3 is 2.08 bits per heavy atom. The van der Waals surface area contributed by atoms with Crippen LogP contribution in [0, 0.1) is 5.41 Å². The SMILES string of the molecule is C=C(C)N(C)/C(=C\C)CC(C)(C)C. The smallest absolute Gasteiger partial charge is 0.0136 e. The maximum Gasteiger partial charge on any atom is 0.0136 e. The van der Waals surface area contributed by atoms with Gasteiger partial charge in [0.25, 0.3) is 0 Å². The van der Waals surface area contributed by atoms with Crippen LogP contribution in [0.15, 0.2) is 24.0 Å². The predicted octanol–water partition coefficient (Wildman–Crippen LogP) is 3.79. The molecule has 0 aromatic carbocycles. The Labute approximate surface area is 83.1 Å². The molecule has 0 rings (SSSR count). The summed E-state index contributed by atoms with van der Waals surface area (Å²) in [7, 11) is 2.07. The number of allylic oxidation sites excluding steroid dienone is 3. The van der Waals surface area contributed by atoms with Crippen LogP contribution in [0.2, 0.25) is 0 Å². The molecule has 0 saturated heterocycles. The van der Waals surface area contributed by atoms with Crippen molar-refractivity contribution in [2.24, 2.45) is 5.41 Å². The van der Waals surface area contributed by atoms with Gasteiger partial charge in [0.15, 0.2) is 0 Å². The van der Waals surface area contributed by atoms with Gasteiger partial charge in [0.1, 0.15) is 0 Å². The summed E-state index contributed by atoms with van der Waals surface area (Å²) in [5.41, 5.74) is 2.78. The van der Waals surface area contributed by atoms with Crippen molar-refractivity contribution in [1.82, 2.24) is 4.90 Å². The highest BCUT2D eigenvalue weighted by Gasteiger charge is 2.15. The van der Waals surface area contributed by atoms with E-state index in [0.717, 1.165) is 12.1 Å². The Bertz CT molecular complexity index is 206. The van der Waals surface area contributed by atoms with Crippen LogP contribution < -0.4 is 0 Å². The second-order valence-electron chi connectivity index (χ2n) is 4.81. The van der Waals surface area contributed by atoms with Crippen LogP contribution in [0.4, 0.5) is 0 Å². The van der Waals surface area contributed by atoms with Crippen molar-refractivity contribution in [1.29, 1.82) is 0 Å². The van der Waals surface area contributed by atoms with Crippen LogP contribution in [0.5, 0.6) is 0 Å². The number of hydrogen-bond donors (Lipinski definition) is 0. The Morgan fingerprint density at radius 2 is 1.85 bits per heavy atom. The lowest BCUT2D eigenvalue weighted by Gasteiger charge is -2.28. The highest BCUT2D eigenvalue weighted by atomic mass is 15.1. The minimum absolute atomic E-state index is 0.339. The monoisotopic (exact) mass is 181 g/mol. The standard InChI is InChI=1S/C12H23N/c1-8-11(9-12(4,5)6)13(7)10(2)3/h8H,2,9H2,1,3-7H3/b11-8-. The van der Waals surface area contributed by atoms with E-state index >= 15 is 0 Å². The Morgan fingerprint density at radius 1 is 1.38 bits per heavy atom. The molecule has 13 heavy (non-hydrogen) atoms. The van der Waals surface area contributed by atoms with E-state index in [9.17, 15) is 0 Å². The molecule has 0 spiro atoms. The van der Waals surface area contributed by atoms with Gasteiger partial charge in [0.05, 0.1) is 0 Å². The first kappa shape index (κ1) is 12.3. The van der Waals surface area contributed by atoms with Gasteiger partial charge in [-0.3, -0.25) is 0 Å². The van der Waals surface area contributed by atoms with E-state index < -0.39 is 0 Å². The molecule has 0 radical (unpaired) electrons. The molecule has 0 N–H and O–H groups in total. The summed E-state index contributed by atoms with van der Waals surface area (Å²) < 4.78 is 0. The van der Waals surface area contributed by atoms with Crippen LogP contribution in [0.25, 0.3) is 0 Å². The summed E-state index contributed by atoms with van der Waals surface area (Å²) in [5, 5.41) is 0. The van der Waals surface area contributed by atoms with Gasteiger partial charge in [0.2, 0.25) is 0 Å². The van der Waals surface area contributed by atoms with Crippen molar-refractivity contribution in [3.05, 3.63) is 24.0 Å². The van der Waals surface area contributed by atoms with Crippen LogP contribution >= 0.6 is 0 Å². The van der Waals surface area contributed by atoms with Gasteiger partial charge in [-0.2, -0.15) is 0 Å². The lowest BCUT2D eigenvalue weighted by molar-refractivity contribution is 0.358. The van der Waals surface area contributed by atoms with E-state index in [4.69, 9.17) is 0 Å². The third-order valence-electron chi connectivity index (χ3n) is 2.05. The summed E-state index contributed by atoms with van der Waals surface area (Å²) in [5.74, 6) is 0. The fourth-order valence-corrected chi connectivity index (χ4v) is 1.20. The number of hydrogen-bond acceptors (Lipinski definition) is 1. The Balaban J connectivity index is 4.47. The Hall–Kier alpha value is -0.720. The van der Waals surface area contributed by atoms with E-state index in [-0.39, 0.29) is 0 Å². The lowest BCUT2D eigenvalue weighted by atomic mass is 9.90. The van der Waals surface area contributed by atoms with Gasteiger partial charge in [-0.1, -0.05) is 33.4 Å². The first-order chi connectivity index (χ1) is 5.78. The van der Waals surface area contributed by atoms with E-state index in [1.165, 1.54) is 5.70 Å². The van der Waals surface area contributed by atoms with Crippen molar-refractivity contribution in [3.8, 4) is 0 Å². The van der Waals surface area contributed by atoms with Gasteiger partial charge >= 0.3 is 0 Å². The molecule has 0 aromatic heterocycles. The normalized spacial score (nSPS) is 12.9. The zero-order valence-corrected chi connectivity index (χ0v) is 9.94. The highest BCUT2D eigenvalue weighted by Crippen LogP contribution is 2.26. The summed E-state index contributed by atoms with van der Waals surface area (Å²) in [4.78, 5) is 2.16. The lowest BCUT2D eigenvalue weighted by Crippen LogP contribution is -2.19. The van der Waals surface area contributed by atoms with E-state index in [1.807, 2.05) is 6.92 Å². The summed E-state index contributed by atoms with van der Waals surface area (Å²) in [6.07, 6.45) is 3.26. The van der Waals surface area contributed by atoms with Gasteiger partial charge < -0.3 is 4.90 Å². The average Bonchev–Trinajstić information content (AvgIpc) is 1.97. The first-order valence-corrected chi connectivity index (χ1v) is 4.82. The molecule has 0 heterocycles. The molecule has 1 nitrogen and oxygen atoms in total. The van der Waals surface area contributed by atoms with E-state index in [1.54, 1.807) is 0 Å². The second kappa shape index (κ2) is 4.50.